The van der Waals surface area contributed by atoms with Crippen LogP contribution in [0.25, 0.3) is 5.53 Å². The second kappa shape index (κ2) is 5.38. The molecule has 0 fully saturated rings. The third-order valence-corrected chi connectivity index (χ3v) is 1.10. The van der Waals surface area contributed by atoms with Crippen molar-refractivity contribution in [2.75, 3.05) is 6.61 Å². The molecule has 60 valence electrons. The third kappa shape index (κ3) is 5.06. The van der Waals surface area contributed by atoms with Gasteiger partial charge in [0, 0.05) is 0 Å². The Balaban J connectivity index is 3.71. The first-order valence-electron chi connectivity index (χ1n) is 3.16. The Morgan fingerprint density at radius 1 is 1.73 bits per heavy atom. The molecule has 0 aromatic heterocycles. The zero-order valence-corrected chi connectivity index (χ0v) is 6.57. The molecule has 0 atom stereocenters. The molecular weight excluding hydrogens is 144 g/mol. The van der Waals surface area contributed by atoms with Crippen LogP contribution in [0.1, 0.15) is 13.8 Å². The molecule has 0 saturated carbocycles. The van der Waals surface area contributed by atoms with Gasteiger partial charge in [-0.2, -0.15) is 4.79 Å². The first-order chi connectivity index (χ1) is 5.20. The van der Waals surface area contributed by atoms with Crippen LogP contribution in [0.3, 0.4) is 0 Å². The van der Waals surface area contributed by atoms with Crippen molar-refractivity contribution in [1.29, 1.82) is 0 Å². The molecule has 0 heterocycles. The van der Waals surface area contributed by atoms with Crippen molar-refractivity contribution in [3.63, 3.8) is 0 Å². The van der Waals surface area contributed by atoms with Gasteiger partial charge in [0.25, 0.3) is 0 Å². The van der Waals surface area contributed by atoms with Crippen LogP contribution in [0.2, 0.25) is 0 Å². The first kappa shape index (κ1) is 9.59. The molecule has 0 rings (SSSR count). The van der Waals surface area contributed by atoms with Crippen molar-refractivity contribution in [1.82, 2.24) is 0 Å². The fraction of sp³-hybridized carbons (Fsp3) is 0.429. The van der Waals surface area contributed by atoms with Crippen molar-refractivity contribution in [2.24, 2.45) is 0 Å². The predicted molar refractivity (Wildman–Crippen MR) is 40.1 cm³/mol. The highest BCUT2D eigenvalue weighted by molar-refractivity contribution is 6.20. The minimum absolute atomic E-state index is 0.237. The fourth-order valence-electron chi connectivity index (χ4n) is 0.353. The van der Waals surface area contributed by atoms with Crippen LogP contribution in [-0.4, -0.2) is 23.6 Å². The van der Waals surface area contributed by atoms with E-state index in [1.165, 1.54) is 0 Å². The van der Waals surface area contributed by atoms with Crippen molar-refractivity contribution in [3.8, 4) is 0 Å². The van der Waals surface area contributed by atoms with E-state index in [0.717, 1.165) is 5.57 Å². The molecule has 0 aliphatic heterocycles. The average Bonchev–Trinajstić information content (AvgIpc) is 2.01. The third-order valence-electron chi connectivity index (χ3n) is 1.10. The van der Waals surface area contributed by atoms with E-state index in [4.69, 9.17) is 5.53 Å². The van der Waals surface area contributed by atoms with Crippen LogP contribution < -0.4 is 0 Å². The SMILES string of the molecule is CC=C(C)COC(=O)C=[N+]=[N-]. The summed E-state index contributed by atoms with van der Waals surface area (Å²) in [5.74, 6) is -0.645. The maximum absolute atomic E-state index is 10.5. The van der Waals surface area contributed by atoms with Crippen LogP contribution in [0.5, 0.6) is 0 Å². The van der Waals surface area contributed by atoms with E-state index in [-0.39, 0.29) is 6.61 Å². The molecular formula is C7H10N2O2. The number of hydrogen-bond donors (Lipinski definition) is 0. The van der Waals surface area contributed by atoms with Gasteiger partial charge in [0.05, 0.1) is 0 Å². The van der Waals surface area contributed by atoms with Crippen LogP contribution in [0.15, 0.2) is 11.6 Å². The minimum Gasteiger partial charge on any atom is -0.453 e. The number of ether oxygens (including phenoxy) is 1. The highest BCUT2D eigenvalue weighted by Gasteiger charge is 2.01. The molecule has 0 unspecified atom stereocenters. The smallest absolute Gasteiger partial charge is 0.413 e. The Morgan fingerprint density at radius 2 is 2.36 bits per heavy atom. The molecule has 0 aliphatic carbocycles. The molecule has 0 saturated heterocycles. The molecule has 0 N–H and O–H groups in total. The van der Waals surface area contributed by atoms with Gasteiger partial charge in [0.2, 0.25) is 0 Å². The van der Waals surface area contributed by atoms with Crippen LogP contribution in [0.4, 0.5) is 0 Å². The Labute approximate surface area is 65.1 Å². The highest BCUT2D eigenvalue weighted by atomic mass is 16.5. The molecule has 0 spiro atoms. The summed E-state index contributed by atoms with van der Waals surface area (Å²) >= 11 is 0. The van der Waals surface area contributed by atoms with E-state index in [9.17, 15) is 4.79 Å². The summed E-state index contributed by atoms with van der Waals surface area (Å²) < 4.78 is 4.62. The Morgan fingerprint density at radius 3 is 2.82 bits per heavy atom. The average molecular weight is 154 g/mol. The maximum atomic E-state index is 10.5. The van der Waals surface area contributed by atoms with Crippen molar-refractivity contribution < 1.29 is 14.3 Å². The van der Waals surface area contributed by atoms with Crippen molar-refractivity contribution >= 4 is 12.2 Å². The summed E-state index contributed by atoms with van der Waals surface area (Å²) in [6.07, 6.45) is 2.55. The minimum atomic E-state index is -0.645. The number of allylic oxidation sites excluding steroid dienone is 1. The van der Waals surface area contributed by atoms with Gasteiger partial charge < -0.3 is 10.3 Å². The summed E-state index contributed by atoms with van der Waals surface area (Å²) in [6, 6.07) is 0. The molecule has 0 aliphatic rings. The monoisotopic (exact) mass is 154 g/mol. The molecule has 4 nitrogen and oxygen atoms in total. The number of hydrogen-bond acceptors (Lipinski definition) is 2. The van der Waals surface area contributed by atoms with Gasteiger partial charge >= 0.3 is 12.2 Å². The topological polar surface area (TPSA) is 62.7 Å². The number of esters is 1. The molecule has 0 bridgehead atoms. The Hall–Kier alpha value is -1.41. The molecule has 11 heavy (non-hydrogen) atoms. The van der Waals surface area contributed by atoms with E-state index >= 15 is 0 Å². The lowest BCUT2D eigenvalue weighted by Crippen LogP contribution is -2.07. The predicted octanol–water partition coefficient (Wildman–Crippen LogP) is 0.796. The van der Waals surface area contributed by atoms with E-state index in [0.29, 0.717) is 6.21 Å². The first-order valence-corrected chi connectivity index (χ1v) is 3.16. The highest BCUT2D eigenvalue weighted by Crippen LogP contribution is 1.91. The van der Waals surface area contributed by atoms with Gasteiger partial charge in [-0.1, -0.05) is 6.08 Å². The number of carbonyl (C=O) groups excluding carboxylic acids is 1. The largest absolute Gasteiger partial charge is 0.453 e. The van der Waals surface area contributed by atoms with E-state index in [1.807, 2.05) is 19.9 Å². The van der Waals surface area contributed by atoms with E-state index < -0.39 is 5.97 Å². The van der Waals surface area contributed by atoms with Gasteiger partial charge in [0.1, 0.15) is 6.61 Å². The quantitative estimate of drug-likeness (QED) is 0.198. The number of rotatable bonds is 3. The standard InChI is InChI=1S/C7H10N2O2/c1-3-6(2)5-11-7(10)4-9-8/h3-4H,5H2,1-2H3. The van der Waals surface area contributed by atoms with Gasteiger partial charge in [-0.05, 0) is 19.4 Å². The van der Waals surface area contributed by atoms with Crippen LogP contribution >= 0.6 is 0 Å². The van der Waals surface area contributed by atoms with Crippen molar-refractivity contribution in [2.45, 2.75) is 13.8 Å². The lowest BCUT2D eigenvalue weighted by Gasteiger charge is -1.97. The zero-order valence-electron chi connectivity index (χ0n) is 6.57. The summed E-state index contributed by atoms with van der Waals surface area (Å²) in [7, 11) is 0. The van der Waals surface area contributed by atoms with Crippen LogP contribution in [-0.2, 0) is 9.53 Å². The Kier molecular flexibility index (Phi) is 4.69. The molecule has 0 amide bonds. The number of carbonyl (C=O) groups is 1. The molecule has 0 aromatic rings. The second-order valence-electron chi connectivity index (χ2n) is 1.99. The summed E-state index contributed by atoms with van der Waals surface area (Å²) in [6.45, 7) is 3.92. The lowest BCUT2D eigenvalue weighted by atomic mass is 10.3. The van der Waals surface area contributed by atoms with E-state index in [1.54, 1.807) is 0 Å². The Bertz CT molecular complexity index is 214. The normalized spacial score (nSPS) is 10.2. The molecule has 0 aromatic carbocycles. The van der Waals surface area contributed by atoms with Gasteiger partial charge in [-0.3, -0.25) is 0 Å². The van der Waals surface area contributed by atoms with E-state index in [2.05, 4.69) is 9.53 Å². The lowest BCUT2D eigenvalue weighted by molar-refractivity contribution is -0.137. The summed E-state index contributed by atoms with van der Waals surface area (Å²) in [5, 5.41) is 0. The van der Waals surface area contributed by atoms with Gasteiger partial charge in [0.15, 0.2) is 0 Å². The van der Waals surface area contributed by atoms with Gasteiger partial charge in [-0.25, -0.2) is 4.79 Å². The summed E-state index contributed by atoms with van der Waals surface area (Å²) in [4.78, 5) is 13.0. The van der Waals surface area contributed by atoms with Crippen molar-refractivity contribution in [3.05, 3.63) is 17.2 Å². The second-order valence-corrected chi connectivity index (χ2v) is 1.99. The summed E-state index contributed by atoms with van der Waals surface area (Å²) in [5.41, 5.74) is 8.86. The molecule has 0 radical (unpaired) electrons. The van der Waals surface area contributed by atoms with Crippen LogP contribution in [0, 0.1) is 0 Å². The fourth-order valence-corrected chi connectivity index (χ4v) is 0.353. The zero-order chi connectivity index (χ0) is 8.69. The van der Waals surface area contributed by atoms with Gasteiger partial charge in [-0.15, -0.1) is 0 Å². The number of nitrogens with zero attached hydrogens (tertiary/aromatic N) is 2. The maximum Gasteiger partial charge on any atom is 0.413 e. The molecule has 4 heteroatoms.